The van der Waals surface area contributed by atoms with Crippen LogP contribution in [0.1, 0.15) is 26.2 Å². The summed E-state index contributed by atoms with van der Waals surface area (Å²) in [5, 5.41) is 3.88. The van der Waals surface area contributed by atoms with E-state index in [9.17, 15) is 4.79 Å². The van der Waals surface area contributed by atoms with Gasteiger partial charge >= 0.3 is 5.97 Å². The van der Waals surface area contributed by atoms with E-state index in [1.165, 1.54) is 6.33 Å². The summed E-state index contributed by atoms with van der Waals surface area (Å²) in [4.78, 5) is 14.9. The third-order valence-electron chi connectivity index (χ3n) is 1.77. The van der Waals surface area contributed by atoms with Crippen molar-refractivity contribution in [2.75, 3.05) is 6.61 Å². The number of carbonyl (C=O) groups is 1. The van der Waals surface area contributed by atoms with Crippen molar-refractivity contribution in [1.82, 2.24) is 14.8 Å². The molecule has 14 heavy (non-hydrogen) atoms. The molecule has 0 radical (unpaired) electrons. The standard InChI is InChI=1S/C9H15N3O2/c1-2-3-6-14-9(13)4-5-12-8-10-7-11-12/h7-8H,2-6H2,1H3. The molecule has 0 N–H and O–H groups in total. The fourth-order valence-corrected chi connectivity index (χ4v) is 0.957. The maximum Gasteiger partial charge on any atom is 0.307 e. The molecule has 0 aliphatic carbocycles. The Labute approximate surface area is 83.1 Å². The average Bonchev–Trinajstić information content (AvgIpc) is 2.68. The summed E-state index contributed by atoms with van der Waals surface area (Å²) in [7, 11) is 0. The number of nitrogens with zero attached hydrogens (tertiary/aromatic N) is 3. The minimum absolute atomic E-state index is 0.172. The maximum absolute atomic E-state index is 11.1. The van der Waals surface area contributed by atoms with Crippen LogP contribution >= 0.6 is 0 Å². The normalized spacial score (nSPS) is 10.1. The minimum Gasteiger partial charge on any atom is -0.466 e. The number of hydrogen-bond acceptors (Lipinski definition) is 4. The summed E-state index contributed by atoms with van der Waals surface area (Å²) in [5.41, 5.74) is 0. The highest BCUT2D eigenvalue weighted by Gasteiger charge is 2.02. The Morgan fingerprint density at radius 2 is 2.43 bits per heavy atom. The fraction of sp³-hybridized carbons (Fsp3) is 0.667. The molecule has 0 bridgehead atoms. The molecule has 1 heterocycles. The largest absolute Gasteiger partial charge is 0.466 e. The summed E-state index contributed by atoms with van der Waals surface area (Å²) in [6.07, 6.45) is 5.35. The number of aryl methyl sites for hydroxylation is 1. The highest BCUT2D eigenvalue weighted by molar-refractivity contribution is 5.69. The molecule has 0 fully saturated rings. The summed E-state index contributed by atoms with van der Waals surface area (Å²) in [6.45, 7) is 3.11. The van der Waals surface area contributed by atoms with Crippen LogP contribution in [0.4, 0.5) is 0 Å². The van der Waals surface area contributed by atoms with Crippen LogP contribution in [0, 0.1) is 0 Å². The Morgan fingerprint density at radius 3 is 3.07 bits per heavy atom. The van der Waals surface area contributed by atoms with Crippen molar-refractivity contribution in [3.8, 4) is 0 Å². The van der Waals surface area contributed by atoms with E-state index in [2.05, 4.69) is 17.0 Å². The van der Waals surface area contributed by atoms with Crippen LogP contribution in [0.3, 0.4) is 0 Å². The number of unbranched alkanes of at least 4 members (excludes halogenated alkanes) is 1. The van der Waals surface area contributed by atoms with E-state index in [1.54, 1.807) is 11.0 Å². The second kappa shape index (κ2) is 6.12. The lowest BCUT2D eigenvalue weighted by atomic mass is 10.3. The third kappa shape index (κ3) is 4.02. The zero-order valence-electron chi connectivity index (χ0n) is 8.35. The molecular weight excluding hydrogens is 182 g/mol. The van der Waals surface area contributed by atoms with Gasteiger partial charge in [-0.25, -0.2) is 4.98 Å². The predicted octanol–water partition coefficient (Wildman–Crippen LogP) is 1.01. The van der Waals surface area contributed by atoms with E-state index in [4.69, 9.17) is 4.74 Å². The lowest BCUT2D eigenvalue weighted by Crippen LogP contribution is -2.10. The van der Waals surface area contributed by atoms with Crippen LogP contribution < -0.4 is 0 Å². The molecule has 0 unspecified atom stereocenters. The molecular formula is C9H15N3O2. The molecule has 1 aromatic rings. The monoisotopic (exact) mass is 197 g/mol. The van der Waals surface area contributed by atoms with Crippen molar-refractivity contribution in [2.45, 2.75) is 32.7 Å². The molecule has 0 aliphatic rings. The Bertz CT molecular complexity index is 259. The van der Waals surface area contributed by atoms with E-state index in [-0.39, 0.29) is 5.97 Å². The highest BCUT2D eigenvalue weighted by Crippen LogP contribution is 1.94. The molecule has 0 aliphatic heterocycles. The van der Waals surface area contributed by atoms with Crippen molar-refractivity contribution >= 4 is 5.97 Å². The summed E-state index contributed by atoms with van der Waals surface area (Å²) < 4.78 is 6.59. The van der Waals surface area contributed by atoms with Gasteiger partial charge in [0.2, 0.25) is 0 Å². The SMILES string of the molecule is CCCCOC(=O)CCn1cncn1. The van der Waals surface area contributed by atoms with Gasteiger partial charge in [0.1, 0.15) is 12.7 Å². The fourth-order valence-electron chi connectivity index (χ4n) is 0.957. The van der Waals surface area contributed by atoms with Gasteiger partial charge in [-0.1, -0.05) is 13.3 Å². The van der Waals surface area contributed by atoms with Gasteiger partial charge in [0.15, 0.2) is 0 Å². The molecule has 0 amide bonds. The van der Waals surface area contributed by atoms with Gasteiger partial charge in [-0.15, -0.1) is 0 Å². The van der Waals surface area contributed by atoms with Crippen LogP contribution in [0.15, 0.2) is 12.7 Å². The first-order chi connectivity index (χ1) is 6.83. The Balaban J connectivity index is 2.09. The van der Waals surface area contributed by atoms with Crippen molar-refractivity contribution in [1.29, 1.82) is 0 Å². The summed E-state index contributed by atoms with van der Waals surface area (Å²) in [6, 6.07) is 0. The molecule has 0 saturated carbocycles. The van der Waals surface area contributed by atoms with Crippen molar-refractivity contribution in [3.05, 3.63) is 12.7 Å². The van der Waals surface area contributed by atoms with Gasteiger partial charge in [-0.2, -0.15) is 5.10 Å². The zero-order valence-corrected chi connectivity index (χ0v) is 8.35. The van der Waals surface area contributed by atoms with Crippen LogP contribution in [-0.4, -0.2) is 27.3 Å². The zero-order chi connectivity index (χ0) is 10.2. The number of hydrogen-bond donors (Lipinski definition) is 0. The Kier molecular flexibility index (Phi) is 4.68. The third-order valence-corrected chi connectivity index (χ3v) is 1.77. The lowest BCUT2D eigenvalue weighted by molar-refractivity contribution is -0.144. The first-order valence-corrected chi connectivity index (χ1v) is 4.81. The average molecular weight is 197 g/mol. The van der Waals surface area contributed by atoms with Crippen LogP contribution in [0.2, 0.25) is 0 Å². The first-order valence-electron chi connectivity index (χ1n) is 4.81. The minimum atomic E-state index is -0.172. The van der Waals surface area contributed by atoms with E-state index in [0.717, 1.165) is 12.8 Å². The van der Waals surface area contributed by atoms with Crippen molar-refractivity contribution < 1.29 is 9.53 Å². The number of esters is 1. The molecule has 78 valence electrons. The molecule has 1 rings (SSSR count). The lowest BCUT2D eigenvalue weighted by Gasteiger charge is -2.03. The van der Waals surface area contributed by atoms with E-state index in [0.29, 0.717) is 19.6 Å². The van der Waals surface area contributed by atoms with Crippen molar-refractivity contribution in [2.24, 2.45) is 0 Å². The van der Waals surface area contributed by atoms with Gasteiger partial charge in [0.05, 0.1) is 19.6 Å². The summed E-state index contributed by atoms with van der Waals surface area (Å²) >= 11 is 0. The van der Waals surface area contributed by atoms with Crippen LogP contribution in [0.5, 0.6) is 0 Å². The molecule has 5 heteroatoms. The highest BCUT2D eigenvalue weighted by atomic mass is 16.5. The van der Waals surface area contributed by atoms with Gasteiger partial charge in [-0.05, 0) is 6.42 Å². The van der Waals surface area contributed by atoms with Gasteiger partial charge in [0.25, 0.3) is 0 Å². The topological polar surface area (TPSA) is 57.0 Å². The van der Waals surface area contributed by atoms with Crippen molar-refractivity contribution in [3.63, 3.8) is 0 Å². The molecule has 0 aromatic carbocycles. The second-order valence-electron chi connectivity index (χ2n) is 2.98. The van der Waals surface area contributed by atoms with E-state index in [1.807, 2.05) is 0 Å². The quantitative estimate of drug-likeness (QED) is 0.504. The molecule has 0 atom stereocenters. The molecule has 1 aromatic heterocycles. The molecule has 0 saturated heterocycles. The first kappa shape index (κ1) is 10.7. The molecule has 0 spiro atoms. The van der Waals surface area contributed by atoms with Crippen LogP contribution in [-0.2, 0) is 16.1 Å². The second-order valence-corrected chi connectivity index (χ2v) is 2.98. The predicted molar refractivity (Wildman–Crippen MR) is 50.5 cm³/mol. The van der Waals surface area contributed by atoms with Gasteiger partial charge in [0, 0.05) is 0 Å². The molecule has 5 nitrogen and oxygen atoms in total. The Morgan fingerprint density at radius 1 is 1.57 bits per heavy atom. The number of rotatable bonds is 6. The van der Waals surface area contributed by atoms with E-state index >= 15 is 0 Å². The number of aromatic nitrogens is 3. The number of ether oxygens (including phenoxy) is 1. The smallest absolute Gasteiger partial charge is 0.307 e. The Hall–Kier alpha value is -1.39. The number of carbonyl (C=O) groups excluding carboxylic acids is 1. The maximum atomic E-state index is 11.1. The summed E-state index contributed by atoms with van der Waals surface area (Å²) in [5.74, 6) is -0.172. The van der Waals surface area contributed by atoms with Gasteiger partial charge < -0.3 is 4.74 Å². The van der Waals surface area contributed by atoms with Crippen LogP contribution in [0.25, 0.3) is 0 Å². The van der Waals surface area contributed by atoms with E-state index < -0.39 is 0 Å². The van der Waals surface area contributed by atoms with Gasteiger partial charge in [-0.3, -0.25) is 9.48 Å².